The van der Waals surface area contributed by atoms with Crippen molar-refractivity contribution in [2.75, 3.05) is 27.7 Å². The number of halogens is 1. The Hall–Kier alpha value is -2.34. The van der Waals surface area contributed by atoms with Crippen LogP contribution in [0.2, 0.25) is 0 Å². The van der Waals surface area contributed by atoms with E-state index in [2.05, 4.69) is 0 Å². The Balaban J connectivity index is 0.00000288. The number of hydrogen-bond donors (Lipinski definition) is 1. The summed E-state index contributed by atoms with van der Waals surface area (Å²) in [4.78, 5) is 12.3. The number of rotatable bonds is 6. The third-order valence-electron chi connectivity index (χ3n) is 3.08. The smallest absolute Gasteiger partial charge is 0.193 e. The topological polar surface area (TPSA) is 78.0 Å². The van der Waals surface area contributed by atoms with Gasteiger partial charge in [-0.15, -0.1) is 0 Å². The second kappa shape index (κ2) is 9.84. The summed E-state index contributed by atoms with van der Waals surface area (Å²) in [6.07, 6.45) is 1.70. The molecular formula is C19H24ClNO4. The summed E-state index contributed by atoms with van der Waals surface area (Å²) in [5, 5.41) is 9.80. The van der Waals surface area contributed by atoms with Gasteiger partial charge in [0.2, 0.25) is 0 Å². The third kappa shape index (κ3) is 7.39. The number of hydrogen-bond acceptors (Lipinski definition) is 3. The third-order valence-corrected chi connectivity index (χ3v) is 3.08. The monoisotopic (exact) mass is 365 g/mol. The first-order valence-corrected chi connectivity index (χ1v) is 7.39. The molecule has 0 heterocycles. The SMILES string of the molecule is C[N+](C)(C)C=C(O)COc1ccc(C(=O)c2ccccc2)cc1.O.[Cl-]. The normalized spacial score (nSPS) is 11.1. The molecule has 2 aromatic rings. The zero-order valence-electron chi connectivity index (χ0n) is 14.6. The summed E-state index contributed by atoms with van der Waals surface area (Å²) in [6.45, 7) is 0.0987. The largest absolute Gasteiger partial charge is 1.00 e. The molecule has 0 spiro atoms. The van der Waals surface area contributed by atoms with Crippen LogP contribution in [0.15, 0.2) is 66.6 Å². The average molecular weight is 366 g/mol. The van der Waals surface area contributed by atoms with E-state index >= 15 is 0 Å². The number of benzene rings is 2. The number of aliphatic hydroxyl groups excluding tert-OH is 1. The highest BCUT2D eigenvalue weighted by molar-refractivity contribution is 6.08. The highest BCUT2D eigenvalue weighted by Gasteiger charge is 2.09. The first-order valence-electron chi connectivity index (χ1n) is 7.39. The van der Waals surface area contributed by atoms with Crippen LogP contribution in [0.5, 0.6) is 5.75 Å². The van der Waals surface area contributed by atoms with Gasteiger partial charge in [0.05, 0.1) is 21.1 Å². The van der Waals surface area contributed by atoms with Crippen molar-refractivity contribution in [1.82, 2.24) is 0 Å². The van der Waals surface area contributed by atoms with Crippen LogP contribution in [0.1, 0.15) is 15.9 Å². The standard InChI is InChI=1S/C19H21NO3.ClH.H2O/c1-20(2,3)13-17(21)14-23-18-11-9-16(10-12-18)19(22)15-7-5-4-6-8-15;;/h4-13H,14H2,1-3H3;1H;1H2. The average Bonchev–Trinajstić information content (AvgIpc) is 2.52. The Morgan fingerprint density at radius 3 is 2.04 bits per heavy atom. The van der Waals surface area contributed by atoms with Crippen LogP contribution in [0.4, 0.5) is 0 Å². The van der Waals surface area contributed by atoms with Gasteiger partial charge in [-0.25, -0.2) is 0 Å². The molecule has 0 fully saturated rings. The van der Waals surface area contributed by atoms with Crippen molar-refractivity contribution >= 4 is 5.78 Å². The van der Waals surface area contributed by atoms with Crippen molar-refractivity contribution in [3.05, 3.63) is 77.7 Å². The van der Waals surface area contributed by atoms with Crippen molar-refractivity contribution < 1.29 is 37.0 Å². The van der Waals surface area contributed by atoms with Crippen LogP contribution in [-0.4, -0.2) is 48.6 Å². The van der Waals surface area contributed by atoms with E-state index < -0.39 is 0 Å². The first kappa shape index (κ1) is 22.7. The van der Waals surface area contributed by atoms with Crippen LogP contribution in [-0.2, 0) is 0 Å². The van der Waals surface area contributed by atoms with E-state index in [-0.39, 0.29) is 36.0 Å². The molecule has 0 atom stereocenters. The van der Waals surface area contributed by atoms with Crippen molar-refractivity contribution in [2.45, 2.75) is 0 Å². The molecule has 0 aromatic heterocycles. The molecule has 25 heavy (non-hydrogen) atoms. The Bertz CT molecular complexity index is 692. The van der Waals surface area contributed by atoms with E-state index in [1.807, 2.05) is 39.3 Å². The zero-order chi connectivity index (χ0) is 16.9. The number of aliphatic hydroxyl groups is 1. The molecule has 3 N–H and O–H groups in total. The lowest BCUT2D eigenvalue weighted by molar-refractivity contribution is -0.818. The number of carbonyl (C=O) groups excluding carboxylic acids is 1. The molecular weight excluding hydrogens is 342 g/mol. The predicted molar refractivity (Wildman–Crippen MR) is 94.2 cm³/mol. The molecule has 0 unspecified atom stereocenters. The molecule has 5 nitrogen and oxygen atoms in total. The molecule has 2 aromatic carbocycles. The highest BCUT2D eigenvalue weighted by atomic mass is 35.5. The van der Waals surface area contributed by atoms with E-state index in [1.165, 1.54) is 0 Å². The lowest BCUT2D eigenvalue weighted by Crippen LogP contribution is -3.00. The van der Waals surface area contributed by atoms with Crippen LogP contribution in [0, 0.1) is 0 Å². The summed E-state index contributed by atoms with van der Waals surface area (Å²) < 4.78 is 6.03. The van der Waals surface area contributed by atoms with E-state index in [0.29, 0.717) is 21.4 Å². The fourth-order valence-electron chi connectivity index (χ4n) is 2.10. The number of ether oxygens (including phenoxy) is 1. The molecule has 0 radical (unpaired) electrons. The zero-order valence-corrected chi connectivity index (χ0v) is 15.3. The number of carbonyl (C=O) groups is 1. The van der Waals surface area contributed by atoms with E-state index in [9.17, 15) is 9.90 Å². The molecule has 2 rings (SSSR count). The van der Waals surface area contributed by atoms with Gasteiger partial charge in [-0.1, -0.05) is 30.3 Å². The lowest BCUT2D eigenvalue weighted by Gasteiger charge is -2.18. The van der Waals surface area contributed by atoms with Crippen molar-refractivity contribution in [1.29, 1.82) is 0 Å². The minimum absolute atomic E-state index is 0. The van der Waals surface area contributed by atoms with Gasteiger partial charge in [-0.2, -0.15) is 0 Å². The van der Waals surface area contributed by atoms with Gasteiger partial charge in [0.1, 0.15) is 11.9 Å². The quantitative estimate of drug-likeness (QED) is 0.429. The molecule has 0 aliphatic heterocycles. The summed E-state index contributed by atoms with van der Waals surface area (Å²) in [5.41, 5.74) is 1.26. The number of nitrogens with zero attached hydrogens (tertiary/aromatic N) is 1. The van der Waals surface area contributed by atoms with Crippen LogP contribution in [0.25, 0.3) is 0 Å². The Labute approximate surface area is 154 Å². The molecule has 0 bridgehead atoms. The van der Waals surface area contributed by atoms with Gasteiger partial charge in [0.15, 0.2) is 18.1 Å². The Morgan fingerprint density at radius 1 is 1.00 bits per heavy atom. The fourth-order valence-corrected chi connectivity index (χ4v) is 2.10. The first-order chi connectivity index (χ1) is 10.8. The van der Waals surface area contributed by atoms with Gasteiger partial charge in [-0.05, 0) is 24.3 Å². The van der Waals surface area contributed by atoms with Gasteiger partial charge in [0.25, 0.3) is 0 Å². The maximum absolute atomic E-state index is 12.3. The minimum atomic E-state index is -0.0232. The maximum Gasteiger partial charge on any atom is 0.193 e. The molecule has 0 amide bonds. The van der Waals surface area contributed by atoms with Crippen molar-refractivity contribution in [3.8, 4) is 5.75 Å². The van der Waals surface area contributed by atoms with Crippen LogP contribution < -0.4 is 17.1 Å². The Morgan fingerprint density at radius 2 is 1.52 bits per heavy atom. The molecule has 0 saturated carbocycles. The minimum Gasteiger partial charge on any atom is -1.00 e. The second-order valence-corrected chi connectivity index (χ2v) is 6.24. The maximum atomic E-state index is 12.3. The molecule has 6 heteroatoms. The fraction of sp³-hybridized carbons (Fsp3) is 0.211. The number of ketones is 1. The van der Waals surface area contributed by atoms with E-state index in [0.717, 1.165) is 0 Å². The Kier molecular flexibility index (Phi) is 8.91. The molecule has 0 aliphatic carbocycles. The van der Waals surface area contributed by atoms with E-state index in [1.54, 1.807) is 42.6 Å². The predicted octanol–water partition coefficient (Wildman–Crippen LogP) is -0.419. The van der Waals surface area contributed by atoms with Crippen LogP contribution in [0.3, 0.4) is 0 Å². The summed E-state index contributed by atoms with van der Waals surface area (Å²) in [6, 6.07) is 16.1. The highest BCUT2D eigenvalue weighted by Crippen LogP contribution is 2.16. The van der Waals surface area contributed by atoms with Crippen LogP contribution >= 0.6 is 0 Å². The van der Waals surface area contributed by atoms with Crippen molar-refractivity contribution in [2.24, 2.45) is 0 Å². The molecule has 136 valence electrons. The molecule has 0 aliphatic rings. The van der Waals surface area contributed by atoms with Gasteiger partial charge < -0.3 is 32.2 Å². The summed E-state index contributed by atoms with van der Waals surface area (Å²) in [5.74, 6) is 0.753. The lowest BCUT2D eigenvalue weighted by atomic mass is 10.0. The molecule has 0 saturated heterocycles. The second-order valence-electron chi connectivity index (χ2n) is 6.24. The van der Waals surface area contributed by atoms with Gasteiger partial charge >= 0.3 is 0 Å². The van der Waals surface area contributed by atoms with E-state index in [4.69, 9.17) is 4.74 Å². The van der Waals surface area contributed by atoms with Gasteiger partial charge in [-0.3, -0.25) is 4.79 Å². The van der Waals surface area contributed by atoms with Crippen molar-refractivity contribution in [3.63, 3.8) is 0 Å². The summed E-state index contributed by atoms with van der Waals surface area (Å²) >= 11 is 0. The number of quaternary nitrogens is 1. The summed E-state index contributed by atoms with van der Waals surface area (Å²) in [7, 11) is 5.83. The van der Waals surface area contributed by atoms with Gasteiger partial charge in [0, 0.05) is 11.1 Å².